The lowest BCUT2D eigenvalue weighted by Gasteiger charge is -2.26. The third-order valence-electron chi connectivity index (χ3n) is 5.80. The summed E-state index contributed by atoms with van der Waals surface area (Å²) in [5.41, 5.74) is 10.1. The zero-order valence-electron chi connectivity index (χ0n) is 17.6. The van der Waals surface area contributed by atoms with E-state index in [1.54, 1.807) is 10.7 Å². The fraction of sp³-hybridized carbons (Fsp3) is 0.304. The number of pyridine rings is 1. The van der Waals surface area contributed by atoms with E-state index < -0.39 is 0 Å². The van der Waals surface area contributed by atoms with Gasteiger partial charge in [-0.15, -0.1) is 0 Å². The third-order valence-corrected chi connectivity index (χ3v) is 6.56. The first-order valence-corrected chi connectivity index (χ1v) is 11.9. The molecule has 5 rings (SSSR count). The van der Waals surface area contributed by atoms with Crippen molar-refractivity contribution in [2.45, 2.75) is 44.3 Å². The summed E-state index contributed by atoms with van der Waals surface area (Å²) >= 11 is 2.26. The third kappa shape index (κ3) is 4.68. The molecule has 0 aliphatic heterocycles. The van der Waals surface area contributed by atoms with Crippen LogP contribution in [0.4, 0.5) is 11.9 Å². The van der Waals surface area contributed by atoms with Crippen LogP contribution in [0.2, 0.25) is 0 Å². The Hall–Kier alpha value is -2.79. The summed E-state index contributed by atoms with van der Waals surface area (Å²) < 4.78 is 2.74. The van der Waals surface area contributed by atoms with Crippen LogP contribution in [-0.4, -0.2) is 36.6 Å². The maximum absolute atomic E-state index is 6.05. The molecule has 1 aliphatic rings. The number of aromatic nitrogens is 5. The Morgan fingerprint density at radius 3 is 2.59 bits per heavy atom. The fourth-order valence-corrected chi connectivity index (χ4v) is 4.46. The SMILES string of the molecule is NC1CCC(Nc2nc(NCc3ccc(-c4ccccn4)cc3)n3ncc(I)c3n2)CC1. The van der Waals surface area contributed by atoms with Gasteiger partial charge in [0.1, 0.15) is 0 Å². The summed E-state index contributed by atoms with van der Waals surface area (Å²) in [6.07, 6.45) is 7.76. The van der Waals surface area contributed by atoms with Crippen LogP contribution >= 0.6 is 22.6 Å². The monoisotopic (exact) mass is 540 g/mol. The van der Waals surface area contributed by atoms with E-state index in [0.717, 1.165) is 51.7 Å². The van der Waals surface area contributed by atoms with E-state index in [9.17, 15) is 0 Å². The molecule has 1 saturated carbocycles. The van der Waals surface area contributed by atoms with Crippen molar-refractivity contribution in [2.24, 2.45) is 5.73 Å². The van der Waals surface area contributed by atoms with E-state index in [4.69, 9.17) is 15.7 Å². The quantitative estimate of drug-likeness (QED) is 0.317. The molecule has 164 valence electrons. The molecule has 0 radical (unpaired) electrons. The summed E-state index contributed by atoms with van der Waals surface area (Å²) in [5.74, 6) is 1.30. The Balaban J connectivity index is 1.33. The predicted molar refractivity (Wildman–Crippen MR) is 134 cm³/mol. The number of halogens is 1. The second-order valence-electron chi connectivity index (χ2n) is 8.12. The number of nitrogens with two attached hydrogens (primary N) is 1. The van der Waals surface area contributed by atoms with Crippen LogP contribution in [0.25, 0.3) is 16.9 Å². The molecule has 4 N–H and O–H groups in total. The van der Waals surface area contributed by atoms with E-state index in [2.05, 4.69) is 67.6 Å². The minimum atomic E-state index is 0.313. The number of rotatable bonds is 6. The van der Waals surface area contributed by atoms with Crippen LogP contribution in [-0.2, 0) is 6.54 Å². The maximum atomic E-state index is 6.05. The van der Waals surface area contributed by atoms with Crippen molar-refractivity contribution >= 4 is 40.1 Å². The van der Waals surface area contributed by atoms with Crippen LogP contribution in [0.15, 0.2) is 54.9 Å². The van der Waals surface area contributed by atoms with Gasteiger partial charge in [0.25, 0.3) is 0 Å². The topological polar surface area (TPSA) is 106 Å². The molecule has 0 unspecified atom stereocenters. The Labute approximate surface area is 200 Å². The van der Waals surface area contributed by atoms with Gasteiger partial charge < -0.3 is 16.4 Å². The highest BCUT2D eigenvalue weighted by Gasteiger charge is 2.20. The molecule has 1 fully saturated rings. The van der Waals surface area contributed by atoms with Gasteiger partial charge >= 0.3 is 0 Å². The highest BCUT2D eigenvalue weighted by Crippen LogP contribution is 2.23. The van der Waals surface area contributed by atoms with E-state index in [0.29, 0.717) is 30.5 Å². The summed E-state index contributed by atoms with van der Waals surface area (Å²) in [5, 5.41) is 11.4. The van der Waals surface area contributed by atoms with Crippen LogP contribution in [0.1, 0.15) is 31.2 Å². The van der Waals surface area contributed by atoms with Gasteiger partial charge in [-0.1, -0.05) is 30.3 Å². The molecule has 1 aliphatic carbocycles. The maximum Gasteiger partial charge on any atom is 0.229 e. The van der Waals surface area contributed by atoms with Crippen molar-refractivity contribution in [1.82, 2.24) is 24.6 Å². The number of anilines is 2. The molecule has 32 heavy (non-hydrogen) atoms. The van der Waals surface area contributed by atoms with Gasteiger partial charge in [0, 0.05) is 30.4 Å². The zero-order valence-corrected chi connectivity index (χ0v) is 19.7. The molecule has 0 saturated heterocycles. The number of hydrogen-bond donors (Lipinski definition) is 3. The summed E-state index contributed by atoms with van der Waals surface area (Å²) in [6.45, 7) is 0.628. The highest BCUT2D eigenvalue weighted by atomic mass is 127. The largest absolute Gasteiger partial charge is 0.351 e. The van der Waals surface area contributed by atoms with Crippen LogP contribution < -0.4 is 16.4 Å². The molecule has 3 heterocycles. The standard InChI is InChI=1S/C23H25IN8/c24-19-14-28-32-21(19)30-22(29-18-10-8-17(25)9-11-18)31-23(32)27-13-15-4-6-16(7-5-15)20-3-1-2-12-26-20/h1-7,12,14,17-18H,8-11,13,25H2,(H2,27,29,30,31). The first-order chi connectivity index (χ1) is 15.7. The second kappa shape index (κ2) is 9.37. The summed E-state index contributed by atoms with van der Waals surface area (Å²) in [4.78, 5) is 13.8. The van der Waals surface area contributed by atoms with Crippen molar-refractivity contribution in [3.63, 3.8) is 0 Å². The van der Waals surface area contributed by atoms with Crippen LogP contribution in [0.3, 0.4) is 0 Å². The molecular weight excluding hydrogens is 515 g/mol. The first kappa shape index (κ1) is 21.1. The Morgan fingerprint density at radius 2 is 1.84 bits per heavy atom. The van der Waals surface area contributed by atoms with Gasteiger partial charge in [0.05, 0.1) is 15.5 Å². The molecule has 3 aromatic heterocycles. The van der Waals surface area contributed by atoms with E-state index in [1.165, 1.54) is 0 Å². The Morgan fingerprint density at radius 1 is 1.03 bits per heavy atom. The first-order valence-electron chi connectivity index (χ1n) is 10.8. The Kier molecular flexibility index (Phi) is 6.17. The van der Waals surface area contributed by atoms with Crippen molar-refractivity contribution in [1.29, 1.82) is 0 Å². The van der Waals surface area contributed by atoms with Crippen LogP contribution in [0.5, 0.6) is 0 Å². The molecule has 9 heteroatoms. The molecule has 0 spiro atoms. The van der Waals surface area contributed by atoms with E-state index in [-0.39, 0.29) is 0 Å². The van der Waals surface area contributed by atoms with Crippen molar-refractivity contribution < 1.29 is 0 Å². The molecule has 0 atom stereocenters. The van der Waals surface area contributed by atoms with E-state index in [1.807, 2.05) is 24.4 Å². The van der Waals surface area contributed by atoms with Gasteiger partial charge in [-0.2, -0.15) is 19.6 Å². The number of benzene rings is 1. The number of nitrogens with zero attached hydrogens (tertiary/aromatic N) is 5. The van der Waals surface area contributed by atoms with E-state index >= 15 is 0 Å². The minimum Gasteiger partial charge on any atom is -0.351 e. The number of hydrogen-bond acceptors (Lipinski definition) is 7. The lowest BCUT2D eigenvalue weighted by Crippen LogP contribution is -2.33. The van der Waals surface area contributed by atoms with Crippen molar-refractivity contribution in [3.8, 4) is 11.3 Å². The summed E-state index contributed by atoms with van der Waals surface area (Å²) in [6, 6.07) is 15.0. The highest BCUT2D eigenvalue weighted by molar-refractivity contribution is 14.1. The second-order valence-corrected chi connectivity index (χ2v) is 9.28. The number of nitrogens with one attached hydrogen (secondary N) is 2. The zero-order chi connectivity index (χ0) is 21.9. The average molecular weight is 540 g/mol. The van der Waals surface area contributed by atoms with Gasteiger partial charge in [0.15, 0.2) is 5.65 Å². The molecule has 0 bridgehead atoms. The smallest absolute Gasteiger partial charge is 0.229 e. The molecule has 1 aromatic carbocycles. The van der Waals surface area contributed by atoms with Gasteiger partial charge in [-0.25, -0.2) is 0 Å². The molecule has 4 aromatic rings. The minimum absolute atomic E-state index is 0.313. The van der Waals surface area contributed by atoms with Gasteiger partial charge in [0.2, 0.25) is 11.9 Å². The molecule has 8 nitrogen and oxygen atoms in total. The average Bonchev–Trinajstić information content (AvgIpc) is 3.21. The normalized spacial score (nSPS) is 18.6. The van der Waals surface area contributed by atoms with Gasteiger partial charge in [-0.3, -0.25) is 4.98 Å². The van der Waals surface area contributed by atoms with Crippen molar-refractivity contribution in [3.05, 3.63) is 64.0 Å². The predicted octanol–water partition coefficient (Wildman–Crippen LogP) is 4.08. The molecular formula is C23H25IN8. The fourth-order valence-electron chi connectivity index (χ4n) is 3.98. The number of fused-ring (bicyclic) bond motifs is 1. The Bertz CT molecular complexity index is 1180. The lowest BCUT2D eigenvalue weighted by atomic mass is 9.92. The summed E-state index contributed by atoms with van der Waals surface area (Å²) in [7, 11) is 0. The lowest BCUT2D eigenvalue weighted by molar-refractivity contribution is 0.410. The van der Waals surface area contributed by atoms with Crippen LogP contribution in [0, 0.1) is 3.57 Å². The van der Waals surface area contributed by atoms with Crippen molar-refractivity contribution in [2.75, 3.05) is 10.6 Å². The van der Waals surface area contributed by atoms with Gasteiger partial charge in [-0.05, 0) is 66.0 Å². The molecule has 0 amide bonds.